The highest BCUT2D eigenvalue weighted by molar-refractivity contribution is 6.31. The maximum absolute atomic E-state index is 10.5. The summed E-state index contributed by atoms with van der Waals surface area (Å²) < 4.78 is 23.5. The highest BCUT2D eigenvalue weighted by atomic mass is 35.5. The molecule has 0 bridgehead atoms. The van der Waals surface area contributed by atoms with E-state index in [1.807, 2.05) is 18.2 Å². The second-order valence-electron chi connectivity index (χ2n) is 6.67. The first-order valence-electron chi connectivity index (χ1n) is 8.94. The van der Waals surface area contributed by atoms with E-state index >= 15 is 0 Å². The monoisotopic (exact) mass is 426 g/mol. The molecule has 0 radical (unpaired) electrons. The quantitative estimate of drug-likeness (QED) is 0.781. The number of halogens is 2. The normalized spacial score (nSPS) is 33.1. The topological polar surface area (TPSA) is 77.4 Å². The molecule has 2 N–H and O–H groups in total. The Morgan fingerprint density at radius 2 is 1.39 bits per heavy atom. The molecule has 0 amide bonds. The zero-order valence-electron chi connectivity index (χ0n) is 14.8. The summed E-state index contributed by atoms with van der Waals surface area (Å²) in [5, 5.41) is 21.2. The summed E-state index contributed by atoms with van der Waals surface area (Å²) in [6.45, 7) is -0.259. The van der Waals surface area contributed by atoms with E-state index in [2.05, 4.69) is 0 Å². The first kappa shape index (κ1) is 20.1. The zero-order valence-corrected chi connectivity index (χ0v) is 16.3. The number of ether oxygens (including phenoxy) is 4. The first-order valence-corrected chi connectivity index (χ1v) is 9.70. The molecule has 2 aliphatic rings. The van der Waals surface area contributed by atoms with Gasteiger partial charge in [-0.2, -0.15) is 0 Å². The van der Waals surface area contributed by atoms with Crippen LogP contribution in [0.1, 0.15) is 23.7 Å². The number of benzene rings is 2. The van der Waals surface area contributed by atoms with Crippen LogP contribution >= 0.6 is 23.2 Å². The molecule has 0 saturated carbocycles. The van der Waals surface area contributed by atoms with E-state index in [1.54, 1.807) is 30.3 Å². The Kier molecular flexibility index (Phi) is 6.20. The van der Waals surface area contributed by atoms with Gasteiger partial charge in [0.15, 0.2) is 12.6 Å². The van der Waals surface area contributed by atoms with Crippen molar-refractivity contribution in [2.24, 2.45) is 0 Å². The summed E-state index contributed by atoms with van der Waals surface area (Å²) in [6.07, 6.45) is -4.66. The van der Waals surface area contributed by atoms with Crippen molar-refractivity contribution in [1.82, 2.24) is 0 Å². The lowest BCUT2D eigenvalue weighted by atomic mass is 10.0. The van der Waals surface area contributed by atoms with Crippen molar-refractivity contribution in [3.8, 4) is 0 Å². The lowest BCUT2D eigenvalue weighted by Crippen LogP contribution is -2.51. The second kappa shape index (κ2) is 8.65. The fraction of sp³-hybridized carbons (Fsp3) is 0.400. The van der Waals surface area contributed by atoms with Gasteiger partial charge in [-0.05, 0) is 12.1 Å². The molecule has 2 aromatic carbocycles. The van der Waals surface area contributed by atoms with Crippen molar-refractivity contribution in [3.63, 3.8) is 0 Å². The van der Waals surface area contributed by atoms with Crippen LogP contribution in [0.2, 0.25) is 10.0 Å². The maximum atomic E-state index is 10.5. The van der Waals surface area contributed by atoms with Crippen molar-refractivity contribution in [3.05, 3.63) is 69.7 Å². The lowest BCUT2D eigenvalue weighted by molar-refractivity contribution is -0.279. The van der Waals surface area contributed by atoms with Gasteiger partial charge in [0.2, 0.25) is 0 Å². The number of aliphatic hydroxyl groups is 2. The molecule has 0 spiro atoms. The van der Waals surface area contributed by atoms with E-state index < -0.39 is 37.0 Å². The molecule has 28 heavy (non-hydrogen) atoms. The van der Waals surface area contributed by atoms with Gasteiger partial charge in [0.1, 0.15) is 24.4 Å². The Bertz CT molecular complexity index is 775. The summed E-state index contributed by atoms with van der Waals surface area (Å²) >= 11 is 12.5. The number of hydrogen-bond donors (Lipinski definition) is 2. The van der Waals surface area contributed by atoms with Gasteiger partial charge in [0.25, 0.3) is 0 Å². The van der Waals surface area contributed by atoms with Crippen LogP contribution in [0.25, 0.3) is 0 Å². The Morgan fingerprint density at radius 3 is 2.00 bits per heavy atom. The summed E-state index contributed by atoms with van der Waals surface area (Å²) in [5.74, 6) is 0. The van der Waals surface area contributed by atoms with Crippen LogP contribution in [0, 0.1) is 0 Å². The van der Waals surface area contributed by atoms with Crippen molar-refractivity contribution < 1.29 is 29.2 Å². The minimum absolute atomic E-state index is 0.0370. The zero-order chi connectivity index (χ0) is 19.7. The predicted octanol–water partition coefficient (Wildman–Crippen LogP) is 3.24. The van der Waals surface area contributed by atoms with Crippen molar-refractivity contribution >= 4 is 23.2 Å². The van der Waals surface area contributed by atoms with Crippen molar-refractivity contribution in [1.29, 1.82) is 0 Å². The summed E-state index contributed by atoms with van der Waals surface area (Å²) in [6, 6.07) is 14.3. The Hall–Kier alpha value is -1.22. The molecule has 150 valence electrons. The van der Waals surface area contributed by atoms with E-state index in [9.17, 15) is 10.2 Å². The van der Waals surface area contributed by atoms with Crippen molar-refractivity contribution in [2.75, 3.05) is 13.2 Å². The van der Waals surface area contributed by atoms with Gasteiger partial charge in [0.05, 0.1) is 13.2 Å². The Morgan fingerprint density at radius 1 is 0.821 bits per heavy atom. The van der Waals surface area contributed by atoms with Gasteiger partial charge in [-0.1, -0.05) is 59.6 Å². The van der Waals surface area contributed by atoms with Gasteiger partial charge < -0.3 is 29.2 Å². The summed E-state index contributed by atoms with van der Waals surface area (Å²) in [5.41, 5.74) is 1.30. The third-order valence-electron chi connectivity index (χ3n) is 4.85. The third-order valence-corrected chi connectivity index (χ3v) is 5.53. The van der Waals surface area contributed by atoms with Crippen LogP contribution in [-0.2, 0) is 18.9 Å². The Balaban J connectivity index is 1.55. The smallest absolute Gasteiger partial charge is 0.186 e. The van der Waals surface area contributed by atoms with Crippen LogP contribution in [0.4, 0.5) is 0 Å². The molecule has 2 aliphatic heterocycles. The maximum Gasteiger partial charge on any atom is 0.186 e. The van der Waals surface area contributed by atoms with E-state index in [4.69, 9.17) is 42.1 Å². The minimum atomic E-state index is -0.952. The van der Waals surface area contributed by atoms with Crippen LogP contribution in [-0.4, -0.2) is 47.8 Å². The molecular weight excluding hydrogens is 407 g/mol. The average molecular weight is 427 g/mol. The first-order chi connectivity index (χ1) is 13.6. The largest absolute Gasteiger partial charge is 0.394 e. The van der Waals surface area contributed by atoms with E-state index in [0.29, 0.717) is 21.2 Å². The average Bonchev–Trinajstić information content (AvgIpc) is 3.13. The molecule has 2 aromatic rings. The molecular formula is C20H20Cl2O6. The molecule has 6 nitrogen and oxygen atoms in total. The van der Waals surface area contributed by atoms with E-state index in [1.165, 1.54) is 0 Å². The van der Waals surface area contributed by atoms with Crippen molar-refractivity contribution in [2.45, 2.75) is 37.0 Å². The van der Waals surface area contributed by atoms with E-state index in [0.717, 1.165) is 0 Å². The van der Waals surface area contributed by atoms with Crippen LogP contribution in [0.3, 0.4) is 0 Å². The summed E-state index contributed by atoms with van der Waals surface area (Å²) in [4.78, 5) is 0. The van der Waals surface area contributed by atoms with Gasteiger partial charge >= 0.3 is 0 Å². The minimum Gasteiger partial charge on any atom is -0.394 e. The highest BCUT2D eigenvalue weighted by Gasteiger charge is 2.48. The predicted molar refractivity (Wildman–Crippen MR) is 102 cm³/mol. The van der Waals surface area contributed by atoms with Crippen LogP contribution in [0.5, 0.6) is 0 Å². The molecule has 0 aromatic heterocycles. The number of hydrogen-bond acceptors (Lipinski definition) is 6. The molecule has 4 rings (SSSR count). The second-order valence-corrected chi connectivity index (χ2v) is 7.48. The molecule has 8 heteroatoms. The fourth-order valence-electron chi connectivity index (χ4n) is 3.43. The Labute approximate surface area is 172 Å². The molecule has 0 aliphatic carbocycles. The van der Waals surface area contributed by atoms with Crippen LogP contribution < -0.4 is 0 Å². The summed E-state index contributed by atoms with van der Waals surface area (Å²) in [7, 11) is 0. The fourth-order valence-corrected chi connectivity index (χ4v) is 3.88. The molecule has 2 heterocycles. The van der Waals surface area contributed by atoms with Gasteiger partial charge in [-0.15, -0.1) is 0 Å². The number of aliphatic hydroxyl groups excluding tert-OH is 2. The molecule has 2 fully saturated rings. The van der Waals surface area contributed by atoms with Gasteiger partial charge in [0, 0.05) is 21.2 Å². The molecule has 6 atom stereocenters. The lowest BCUT2D eigenvalue weighted by Gasteiger charge is -2.37. The van der Waals surface area contributed by atoms with Gasteiger partial charge in [-0.3, -0.25) is 0 Å². The highest BCUT2D eigenvalue weighted by Crippen LogP contribution is 2.40. The standard InChI is InChI=1S/C20H20Cl2O6/c21-13-7-3-1-5-11(13)19-25-10-15(24)17(27-19)18-16(9-23)26-20(28-18)12-6-2-4-8-14(12)22/h1-8,15-20,23-24H,9-10H2/t15-,16+,17-,18-,19?,20?/m1/s1. The van der Waals surface area contributed by atoms with E-state index in [-0.39, 0.29) is 13.2 Å². The molecule has 2 saturated heterocycles. The number of rotatable bonds is 4. The third kappa shape index (κ3) is 3.92. The SMILES string of the molecule is OC[C@@H]1OC(c2ccccc2Cl)O[C@H]1[C@@H]1OC(c2ccccc2Cl)OC[C@H]1O. The van der Waals surface area contributed by atoms with Crippen LogP contribution in [0.15, 0.2) is 48.5 Å². The van der Waals surface area contributed by atoms with Gasteiger partial charge in [-0.25, -0.2) is 0 Å². The molecule has 2 unspecified atom stereocenters.